The Bertz CT molecular complexity index is 313. The number of nitrogens with one attached hydrogen (secondary N) is 2. The maximum atomic E-state index is 3.65. The zero-order valence-electron chi connectivity index (χ0n) is 12.9. The van der Waals surface area contributed by atoms with Gasteiger partial charge in [0.2, 0.25) is 0 Å². The van der Waals surface area contributed by atoms with Crippen LogP contribution in [-0.4, -0.2) is 49.2 Å². The van der Waals surface area contributed by atoms with Crippen molar-refractivity contribution in [1.29, 1.82) is 0 Å². The summed E-state index contributed by atoms with van der Waals surface area (Å²) in [5.41, 5.74) is 0.727. The zero-order chi connectivity index (χ0) is 13.4. The Hall–Kier alpha value is -0.120. The van der Waals surface area contributed by atoms with Crippen molar-refractivity contribution in [3.05, 3.63) is 0 Å². The molecule has 2 N–H and O–H groups in total. The van der Waals surface area contributed by atoms with Gasteiger partial charge in [-0.3, -0.25) is 4.90 Å². The second-order valence-corrected chi connectivity index (χ2v) is 7.81. The average molecular weight is 277 g/mol. The van der Waals surface area contributed by atoms with Gasteiger partial charge in [0.05, 0.1) is 0 Å². The highest BCUT2D eigenvalue weighted by molar-refractivity contribution is 4.99. The van der Waals surface area contributed by atoms with Gasteiger partial charge in [-0.2, -0.15) is 0 Å². The summed E-state index contributed by atoms with van der Waals surface area (Å²) in [5, 5.41) is 7.20. The summed E-state index contributed by atoms with van der Waals surface area (Å²) < 4.78 is 0. The Balaban J connectivity index is 1.41. The van der Waals surface area contributed by atoms with Crippen molar-refractivity contribution >= 4 is 0 Å². The fraction of sp³-hybridized carbons (Fsp3) is 1.00. The summed E-state index contributed by atoms with van der Waals surface area (Å²) in [6, 6.07) is 2.67. The van der Waals surface area contributed by atoms with Gasteiger partial charge in [0.15, 0.2) is 0 Å². The highest BCUT2D eigenvalue weighted by Crippen LogP contribution is 2.46. The van der Waals surface area contributed by atoms with E-state index >= 15 is 0 Å². The minimum absolute atomic E-state index is 0.727. The zero-order valence-corrected chi connectivity index (χ0v) is 12.9. The molecule has 4 fully saturated rings. The number of nitrogens with zero attached hydrogens (tertiary/aromatic N) is 1. The number of piperidine rings is 1. The van der Waals surface area contributed by atoms with Crippen LogP contribution in [0.15, 0.2) is 0 Å². The number of fused-ring (bicyclic) bond motifs is 2. The van der Waals surface area contributed by atoms with Crippen LogP contribution < -0.4 is 10.6 Å². The number of hydrogen-bond acceptors (Lipinski definition) is 3. The summed E-state index contributed by atoms with van der Waals surface area (Å²) in [5.74, 6) is 0. The van der Waals surface area contributed by atoms with E-state index in [-0.39, 0.29) is 0 Å². The van der Waals surface area contributed by atoms with Gasteiger partial charge >= 0.3 is 0 Å². The summed E-state index contributed by atoms with van der Waals surface area (Å²) in [6.45, 7) is 5.04. The van der Waals surface area contributed by atoms with E-state index in [0.29, 0.717) is 0 Å². The second kappa shape index (κ2) is 5.58. The molecule has 0 amide bonds. The van der Waals surface area contributed by atoms with Gasteiger partial charge in [-0.25, -0.2) is 0 Å². The van der Waals surface area contributed by atoms with Gasteiger partial charge in [0.25, 0.3) is 0 Å². The molecule has 0 radical (unpaired) electrons. The maximum absolute atomic E-state index is 3.65. The molecule has 4 aliphatic rings. The molecule has 0 unspecified atom stereocenters. The SMILES string of the molecule is C1CC2(CCN1)CCC(N1[C@@H]3CCNC[C@H]1CC3)CC2. The minimum atomic E-state index is 0.727. The molecule has 3 nitrogen and oxygen atoms in total. The maximum Gasteiger partial charge on any atom is 0.0227 e. The molecule has 3 saturated heterocycles. The third kappa shape index (κ3) is 2.42. The topological polar surface area (TPSA) is 27.3 Å². The van der Waals surface area contributed by atoms with Crippen molar-refractivity contribution in [3.63, 3.8) is 0 Å². The van der Waals surface area contributed by atoms with E-state index in [1.807, 2.05) is 0 Å². The predicted octanol–water partition coefficient (Wildman–Crippen LogP) is 2.13. The third-order valence-electron chi connectivity index (χ3n) is 6.81. The van der Waals surface area contributed by atoms with Crippen LogP contribution in [0, 0.1) is 5.41 Å². The normalized spacial score (nSPS) is 39.0. The van der Waals surface area contributed by atoms with Gasteiger partial charge in [-0.15, -0.1) is 0 Å². The van der Waals surface area contributed by atoms with E-state index < -0.39 is 0 Å². The molecule has 20 heavy (non-hydrogen) atoms. The fourth-order valence-corrected chi connectivity index (χ4v) is 5.59. The highest BCUT2D eigenvalue weighted by Gasteiger charge is 2.43. The van der Waals surface area contributed by atoms with Crippen LogP contribution in [-0.2, 0) is 0 Å². The van der Waals surface area contributed by atoms with Crippen LogP contribution >= 0.6 is 0 Å². The van der Waals surface area contributed by atoms with Gasteiger partial charge in [-0.05, 0) is 82.8 Å². The molecule has 1 aliphatic carbocycles. The van der Waals surface area contributed by atoms with Gasteiger partial charge in [-0.1, -0.05) is 0 Å². The molecule has 0 aromatic carbocycles. The van der Waals surface area contributed by atoms with Crippen LogP contribution in [0.25, 0.3) is 0 Å². The van der Waals surface area contributed by atoms with Gasteiger partial charge in [0.1, 0.15) is 0 Å². The molecule has 1 saturated carbocycles. The molecular formula is C17H31N3. The molecule has 3 aliphatic heterocycles. The Labute approximate surface area is 123 Å². The summed E-state index contributed by atoms with van der Waals surface area (Å²) in [6.07, 6.45) is 13.1. The Morgan fingerprint density at radius 1 is 0.650 bits per heavy atom. The fourth-order valence-electron chi connectivity index (χ4n) is 5.59. The largest absolute Gasteiger partial charge is 0.317 e. The first-order valence-electron chi connectivity index (χ1n) is 9.05. The molecule has 1 spiro atoms. The summed E-state index contributed by atoms with van der Waals surface area (Å²) in [4.78, 5) is 2.97. The molecule has 2 atom stereocenters. The first-order valence-corrected chi connectivity index (χ1v) is 9.05. The van der Waals surface area contributed by atoms with Gasteiger partial charge in [0, 0.05) is 24.7 Å². The van der Waals surface area contributed by atoms with Crippen molar-refractivity contribution in [2.24, 2.45) is 5.41 Å². The Morgan fingerprint density at radius 3 is 2.15 bits per heavy atom. The van der Waals surface area contributed by atoms with Crippen LogP contribution in [0.2, 0.25) is 0 Å². The van der Waals surface area contributed by atoms with E-state index in [1.54, 1.807) is 0 Å². The number of hydrogen-bond donors (Lipinski definition) is 2. The Kier molecular flexibility index (Phi) is 3.78. The van der Waals surface area contributed by atoms with E-state index in [1.165, 1.54) is 84.0 Å². The van der Waals surface area contributed by atoms with Gasteiger partial charge < -0.3 is 10.6 Å². The average Bonchev–Trinajstić information content (AvgIpc) is 2.74. The Morgan fingerprint density at radius 2 is 1.35 bits per heavy atom. The van der Waals surface area contributed by atoms with Crippen LogP contribution in [0.4, 0.5) is 0 Å². The van der Waals surface area contributed by atoms with Crippen molar-refractivity contribution < 1.29 is 0 Å². The highest BCUT2D eigenvalue weighted by atomic mass is 15.3. The monoisotopic (exact) mass is 277 g/mol. The van der Waals surface area contributed by atoms with Crippen LogP contribution in [0.5, 0.6) is 0 Å². The summed E-state index contributed by atoms with van der Waals surface area (Å²) in [7, 11) is 0. The van der Waals surface area contributed by atoms with Crippen LogP contribution in [0.3, 0.4) is 0 Å². The van der Waals surface area contributed by atoms with Crippen LogP contribution in [0.1, 0.15) is 57.8 Å². The second-order valence-electron chi connectivity index (χ2n) is 7.81. The molecule has 3 heteroatoms. The molecule has 3 heterocycles. The number of rotatable bonds is 1. The molecule has 4 rings (SSSR count). The first kappa shape index (κ1) is 13.5. The molecule has 114 valence electrons. The smallest absolute Gasteiger partial charge is 0.0227 e. The molecular weight excluding hydrogens is 246 g/mol. The lowest BCUT2D eigenvalue weighted by Crippen LogP contribution is -2.49. The molecule has 0 aromatic heterocycles. The van der Waals surface area contributed by atoms with E-state index in [0.717, 1.165) is 23.5 Å². The van der Waals surface area contributed by atoms with Crippen molar-refractivity contribution in [2.45, 2.75) is 75.9 Å². The first-order chi connectivity index (χ1) is 9.86. The third-order valence-corrected chi connectivity index (χ3v) is 6.81. The lowest BCUT2D eigenvalue weighted by molar-refractivity contribution is 0.0433. The molecule has 2 bridgehead atoms. The minimum Gasteiger partial charge on any atom is -0.317 e. The van der Waals surface area contributed by atoms with Crippen molar-refractivity contribution in [2.75, 3.05) is 26.2 Å². The van der Waals surface area contributed by atoms with E-state index in [4.69, 9.17) is 0 Å². The van der Waals surface area contributed by atoms with Crippen molar-refractivity contribution in [1.82, 2.24) is 15.5 Å². The lowest BCUT2D eigenvalue weighted by atomic mass is 9.67. The van der Waals surface area contributed by atoms with E-state index in [9.17, 15) is 0 Å². The van der Waals surface area contributed by atoms with Crippen molar-refractivity contribution in [3.8, 4) is 0 Å². The lowest BCUT2D eigenvalue weighted by Gasteiger charge is -2.47. The quantitative estimate of drug-likeness (QED) is 0.769. The van der Waals surface area contributed by atoms with E-state index in [2.05, 4.69) is 15.5 Å². The predicted molar refractivity (Wildman–Crippen MR) is 82.9 cm³/mol. The summed E-state index contributed by atoms with van der Waals surface area (Å²) >= 11 is 0. The molecule has 0 aromatic rings. The standard InChI is InChI=1S/C17H31N3/c1-2-16-13-19-10-5-14(1)20(16)15-3-6-17(7-4-15)8-11-18-12-9-17/h14-16,18-19H,1-13H2/t14-,16+/m0/s1.